The van der Waals surface area contributed by atoms with Crippen LogP contribution in [0.25, 0.3) is 11.4 Å². The Morgan fingerprint density at radius 1 is 1.18 bits per heavy atom. The van der Waals surface area contributed by atoms with E-state index in [9.17, 15) is 9.18 Å². The van der Waals surface area contributed by atoms with Crippen molar-refractivity contribution in [2.45, 2.75) is 43.5 Å². The van der Waals surface area contributed by atoms with Crippen LogP contribution in [0, 0.1) is 5.82 Å². The minimum absolute atomic E-state index is 0.127. The monoisotopic (exact) mass is 398 g/mol. The van der Waals surface area contributed by atoms with E-state index >= 15 is 0 Å². The molecule has 0 spiro atoms. The smallest absolute Gasteiger partial charge is 0.237 e. The quantitative estimate of drug-likeness (QED) is 0.534. The summed E-state index contributed by atoms with van der Waals surface area (Å²) in [6, 6.07) is 14.2. The number of carbonyl (C=O) groups is 1. The van der Waals surface area contributed by atoms with Crippen LogP contribution in [0.3, 0.4) is 0 Å². The van der Waals surface area contributed by atoms with Crippen LogP contribution >= 0.6 is 11.8 Å². The summed E-state index contributed by atoms with van der Waals surface area (Å²) in [5.74, 6) is 0.201. The number of para-hydroxylation sites is 1. The summed E-state index contributed by atoms with van der Waals surface area (Å²) in [6.45, 7) is 6.06. The number of carbonyl (C=O) groups excluding carboxylic acids is 1. The van der Waals surface area contributed by atoms with Gasteiger partial charge in [-0.2, -0.15) is 0 Å². The molecule has 7 heteroatoms. The van der Waals surface area contributed by atoms with E-state index in [0.29, 0.717) is 22.5 Å². The van der Waals surface area contributed by atoms with E-state index in [-0.39, 0.29) is 11.7 Å². The fourth-order valence-corrected chi connectivity index (χ4v) is 3.50. The fourth-order valence-electron chi connectivity index (χ4n) is 2.78. The first kappa shape index (κ1) is 20.1. The first-order valence-electron chi connectivity index (χ1n) is 9.23. The molecular weight excluding hydrogens is 375 g/mol. The van der Waals surface area contributed by atoms with Gasteiger partial charge in [0.1, 0.15) is 5.82 Å². The molecule has 3 rings (SSSR count). The van der Waals surface area contributed by atoms with Gasteiger partial charge in [0.05, 0.1) is 10.8 Å². The molecule has 0 fully saturated rings. The Hall–Kier alpha value is -2.67. The van der Waals surface area contributed by atoms with Gasteiger partial charge < -0.3 is 5.32 Å². The highest BCUT2D eigenvalue weighted by Crippen LogP contribution is 2.28. The Labute approximate surface area is 168 Å². The van der Waals surface area contributed by atoms with Crippen LogP contribution in [0.5, 0.6) is 0 Å². The van der Waals surface area contributed by atoms with Crippen molar-refractivity contribution in [3.63, 3.8) is 0 Å². The maximum atomic E-state index is 13.9. The van der Waals surface area contributed by atoms with Crippen molar-refractivity contribution in [2.75, 3.05) is 5.32 Å². The van der Waals surface area contributed by atoms with Crippen molar-refractivity contribution < 1.29 is 9.18 Å². The molecule has 0 radical (unpaired) electrons. The average molecular weight is 399 g/mol. The third-order valence-electron chi connectivity index (χ3n) is 4.61. The summed E-state index contributed by atoms with van der Waals surface area (Å²) < 4.78 is 13.9. The largest absolute Gasteiger partial charge is 0.325 e. The number of aromatic amines is 1. The first-order valence-corrected chi connectivity index (χ1v) is 10.1. The van der Waals surface area contributed by atoms with Crippen LogP contribution in [0.15, 0.2) is 53.7 Å². The molecule has 0 saturated heterocycles. The first-order chi connectivity index (χ1) is 13.5. The van der Waals surface area contributed by atoms with Gasteiger partial charge >= 0.3 is 0 Å². The van der Waals surface area contributed by atoms with Gasteiger partial charge in [0, 0.05) is 5.69 Å². The third kappa shape index (κ3) is 4.59. The van der Waals surface area contributed by atoms with E-state index < -0.39 is 5.25 Å². The second-order valence-electron chi connectivity index (χ2n) is 6.59. The maximum absolute atomic E-state index is 13.9. The number of anilines is 1. The topological polar surface area (TPSA) is 70.7 Å². The molecule has 1 amide bonds. The molecular formula is C21H23FN4OS. The summed E-state index contributed by atoms with van der Waals surface area (Å²) in [5, 5.41) is 9.84. The number of thioether (sulfide) groups is 1. The summed E-state index contributed by atoms with van der Waals surface area (Å²) in [6.07, 6.45) is 0.993. The van der Waals surface area contributed by atoms with Gasteiger partial charge in [0.15, 0.2) is 5.82 Å². The molecule has 0 saturated carbocycles. The second kappa shape index (κ2) is 9.01. The molecule has 1 heterocycles. The number of hydrogen-bond acceptors (Lipinski definition) is 4. The molecule has 3 aromatic rings. The van der Waals surface area contributed by atoms with Gasteiger partial charge in [0.25, 0.3) is 0 Å². The molecule has 2 atom stereocenters. The molecule has 0 aliphatic carbocycles. The molecule has 0 bridgehead atoms. The highest BCUT2D eigenvalue weighted by atomic mass is 32.2. The zero-order valence-corrected chi connectivity index (χ0v) is 16.9. The molecule has 2 N–H and O–H groups in total. The van der Waals surface area contributed by atoms with Crippen LogP contribution in [-0.2, 0) is 4.79 Å². The van der Waals surface area contributed by atoms with E-state index in [2.05, 4.69) is 34.3 Å². The SMILES string of the molecule is CCC(C)c1ccccc1NC(=O)C(C)Sc1n[nH]c(-c2ccccc2F)n1. The van der Waals surface area contributed by atoms with E-state index in [1.807, 2.05) is 24.3 Å². The lowest BCUT2D eigenvalue weighted by molar-refractivity contribution is -0.115. The van der Waals surface area contributed by atoms with Crippen molar-refractivity contribution in [3.8, 4) is 11.4 Å². The van der Waals surface area contributed by atoms with Gasteiger partial charge in [-0.3, -0.25) is 9.89 Å². The van der Waals surface area contributed by atoms with Crippen molar-refractivity contribution >= 4 is 23.4 Å². The lowest BCUT2D eigenvalue weighted by atomic mass is 9.97. The van der Waals surface area contributed by atoms with Crippen LogP contribution in [0.4, 0.5) is 10.1 Å². The molecule has 0 aliphatic rings. The number of benzene rings is 2. The number of halogens is 1. The standard InChI is InChI=1S/C21H23FN4OS/c1-4-13(2)15-9-6-8-12-18(15)23-20(27)14(3)28-21-24-19(25-26-21)16-10-5-7-11-17(16)22/h5-14H,4H2,1-3H3,(H,23,27)(H,24,25,26). The van der Waals surface area contributed by atoms with E-state index in [0.717, 1.165) is 17.7 Å². The third-order valence-corrected chi connectivity index (χ3v) is 5.57. The lowest BCUT2D eigenvalue weighted by Crippen LogP contribution is -2.23. The predicted molar refractivity (Wildman–Crippen MR) is 111 cm³/mol. The van der Waals surface area contributed by atoms with Gasteiger partial charge in [-0.25, -0.2) is 9.37 Å². The van der Waals surface area contributed by atoms with Crippen molar-refractivity contribution in [2.24, 2.45) is 0 Å². The molecule has 0 aliphatic heterocycles. The van der Waals surface area contributed by atoms with Gasteiger partial charge in [0.2, 0.25) is 11.1 Å². The zero-order chi connectivity index (χ0) is 20.1. The molecule has 1 aromatic heterocycles. The number of aromatic nitrogens is 3. The number of hydrogen-bond donors (Lipinski definition) is 2. The summed E-state index contributed by atoms with van der Waals surface area (Å²) in [5.41, 5.74) is 2.30. The summed E-state index contributed by atoms with van der Waals surface area (Å²) >= 11 is 1.22. The van der Waals surface area contributed by atoms with Crippen LogP contribution < -0.4 is 5.32 Å². The molecule has 146 valence electrons. The zero-order valence-electron chi connectivity index (χ0n) is 16.1. The van der Waals surface area contributed by atoms with Crippen LogP contribution in [0.2, 0.25) is 0 Å². The summed E-state index contributed by atoms with van der Waals surface area (Å²) in [7, 11) is 0. The highest BCUT2D eigenvalue weighted by Gasteiger charge is 2.20. The average Bonchev–Trinajstić information content (AvgIpc) is 3.16. The van der Waals surface area contributed by atoms with Crippen molar-refractivity contribution in [1.82, 2.24) is 15.2 Å². The van der Waals surface area contributed by atoms with Crippen LogP contribution in [0.1, 0.15) is 38.7 Å². The number of H-pyrrole nitrogens is 1. The van der Waals surface area contributed by atoms with E-state index in [1.165, 1.54) is 17.8 Å². The molecule has 28 heavy (non-hydrogen) atoms. The van der Waals surface area contributed by atoms with Crippen molar-refractivity contribution in [3.05, 3.63) is 59.9 Å². The number of rotatable bonds is 7. The fraction of sp³-hybridized carbons (Fsp3) is 0.286. The Bertz CT molecular complexity index is 959. The van der Waals surface area contributed by atoms with Gasteiger partial charge in [-0.05, 0) is 43.0 Å². The highest BCUT2D eigenvalue weighted by molar-refractivity contribution is 8.00. The maximum Gasteiger partial charge on any atom is 0.237 e. The number of nitrogens with zero attached hydrogens (tertiary/aromatic N) is 2. The normalized spacial score (nSPS) is 13.1. The minimum atomic E-state index is -0.408. The second-order valence-corrected chi connectivity index (χ2v) is 7.90. The van der Waals surface area contributed by atoms with Crippen LogP contribution in [-0.4, -0.2) is 26.3 Å². The van der Waals surface area contributed by atoms with E-state index in [4.69, 9.17) is 0 Å². The van der Waals surface area contributed by atoms with Gasteiger partial charge in [-0.1, -0.05) is 55.9 Å². The van der Waals surface area contributed by atoms with Crippen molar-refractivity contribution in [1.29, 1.82) is 0 Å². The summed E-state index contributed by atoms with van der Waals surface area (Å²) in [4.78, 5) is 17.0. The number of amides is 1. The lowest BCUT2D eigenvalue weighted by Gasteiger charge is -2.17. The minimum Gasteiger partial charge on any atom is -0.325 e. The Balaban J connectivity index is 1.68. The van der Waals surface area contributed by atoms with Gasteiger partial charge in [-0.15, -0.1) is 5.10 Å². The molecule has 5 nitrogen and oxygen atoms in total. The molecule has 2 unspecified atom stereocenters. The van der Waals surface area contributed by atoms with E-state index in [1.54, 1.807) is 25.1 Å². The Kier molecular flexibility index (Phi) is 6.46. The Morgan fingerprint density at radius 3 is 2.64 bits per heavy atom. The Morgan fingerprint density at radius 2 is 1.89 bits per heavy atom. The number of nitrogens with one attached hydrogen (secondary N) is 2. The predicted octanol–water partition coefficient (Wildman–Crippen LogP) is 5.24. The molecule has 2 aromatic carbocycles.